The molecule has 9 heteroatoms. The average Bonchev–Trinajstić information content (AvgIpc) is 2.70. The molecule has 98 valence electrons. The highest BCUT2D eigenvalue weighted by atomic mass is 32.2. The minimum Gasteiger partial charge on any atom is -0.381 e. The maximum absolute atomic E-state index is 12.1. The van der Waals surface area contributed by atoms with Gasteiger partial charge in [-0.05, 0) is 6.92 Å². The van der Waals surface area contributed by atoms with E-state index in [-0.39, 0.29) is 10.7 Å². The van der Waals surface area contributed by atoms with E-state index in [1.54, 1.807) is 27.2 Å². The molecule has 18 heavy (non-hydrogen) atoms. The van der Waals surface area contributed by atoms with Crippen molar-refractivity contribution in [3.05, 3.63) is 18.1 Å². The van der Waals surface area contributed by atoms with E-state index in [4.69, 9.17) is 5.73 Å². The van der Waals surface area contributed by atoms with Gasteiger partial charge in [0.2, 0.25) is 0 Å². The van der Waals surface area contributed by atoms with Gasteiger partial charge in [-0.15, -0.1) is 0 Å². The first-order chi connectivity index (χ1) is 8.29. The molecule has 0 aliphatic carbocycles. The number of nitrogens with zero attached hydrogens (tertiary/aromatic N) is 4. The first-order valence-corrected chi connectivity index (χ1v) is 6.60. The Kier molecular flexibility index (Phi) is 2.77. The highest BCUT2D eigenvalue weighted by Crippen LogP contribution is 2.21. The fourth-order valence-corrected chi connectivity index (χ4v) is 2.80. The number of anilines is 2. The smallest absolute Gasteiger partial charge is 0.267 e. The van der Waals surface area contributed by atoms with Crippen molar-refractivity contribution in [2.45, 2.75) is 11.8 Å². The molecular formula is C9H14N6O2S. The minimum atomic E-state index is -3.74. The molecule has 0 spiro atoms. The second-order valence-corrected chi connectivity index (χ2v) is 5.61. The molecule has 2 aromatic rings. The van der Waals surface area contributed by atoms with Crippen LogP contribution in [0, 0.1) is 6.92 Å². The van der Waals surface area contributed by atoms with E-state index >= 15 is 0 Å². The molecule has 2 rings (SSSR count). The van der Waals surface area contributed by atoms with Crippen LogP contribution in [-0.2, 0) is 24.1 Å². The van der Waals surface area contributed by atoms with E-state index < -0.39 is 10.0 Å². The Morgan fingerprint density at radius 3 is 2.28 bits per heavy atom. The molecule has 0 radical (unpaired) electrons. The SMILES string of the molecule is Cc1nn(C)cc1NS(=O)(=O)c1cn(C)nc1N. The van der Waals surface area contributed by atoms with Gasteiger partial charge in [-0.25, -0.2) is 8.42 Å². The number of hydrogen-bond donors (Lipinski definition) is 2. The molecule has 2 aromatic heterocycles. The molecule has 0 aliphatic rings. The summed E-state index contributed by atoms with van der Waals surface area (Å²) in [6, 6.07) is 0. The lowest BCUT2D eigenvalue weighted by Gasteiger charge is -2.04. The van der Waals surface area contributed by atoms with Gasteiger partial charge in [0.25, 0.3) is 10.0 Å². The van der Waals surface area contributed by atoms with Crippen molar-refractivity contribution in [2.24, 2.45) is 14.1 Å². The summed E-state index contributed by atoms with van der Waals surface area (Å²) in [5.41, 5.74) is 6.56. The van der Waals surface area contributed by atoms with Gasteiger partial charge in [0.1, 0.15) is 4.90 Å². The molecule has 0 fully saturated rings. The zero-order valence-electron chi connectivity index (χ0n) is 10.2. The standard InChI is InChI=1S/C9H14N6O2S/c1-6-7(4-14(2)11-6)13-18(16,17)8-5-15(3)12-9(8)10/h4-5,13H,1-3H3,(H2,10,12). The quantitative estimate of drug-likeness (QED) is 0.806. The van der Waals surface area contributed by atoms with Crippen LogP contribution in [0.2, 0.25) is 0 Å². The van der Waals surface area contributed by atoms with Crippen molar-refractivity contribution >= 4 is 21.5 Å². The number of rotatable bonds is 3. The van der Waals surface area contributed by atoms with E-state index in [1.165, 1.54) is 15.6 Å². The highest BCUT2D eigenvalue weighted by molar-refractivity contribution is 7.92. The lowest BCUT2D eigenvalue weighted by atomic mass is 10.4. The van der Waals surface area contributed by atoms with Crippen LogP contribution in [-0.4, -0.2) is 28.0 Å². The molecule has 0 amide bonds. The highest BCUT2D eigenvalue weighted by Gasteiger charge is 2.22. The monoisotopic (exact) mass is 270 g/mol. The zero-order valence-corrected chi connectivity index (χ0v) is 11.1. The molecule has 0 saturated heterocycles. The second kappa shape index (κ2) is 4.02. The normalized spacial score (nSPS) is 11.7. The third kappa shape index (κ3) is 2.16. The Balaban J connectivity index is 2.39. The largest absolute Gasteiger partial charge is 0.381 e. The van der Waals surface area contributed by atoms with E-state index in [0.29, 0.717) is 11.4 Å². The van der Waals surface area contributed by atoms with Gasteiger partial charge in [-0.2, -0.15) is 10.2 Å². The van der Waals surface area contributed by atoms with Gasteiger partial charge in [-0.3, -0.25) is 14.1 Å². The molecule has 0 saturated carbocycles. The summed E-state index contributed by atoms with van der Waals surface area (Å²) >= 11 is 0. The zero-order chi connectivity index (χ0) is 13.5. The molecule has 2 heterocycles. The summed E-state index contributed by atoms with van der Waals surface area (Å²) in [4.78, 5) is -0.0479. The van der Waals surface area contributed by atoms with Crippen molar-refractivity contribution < 1.29 is 8.42 Å². The minimum absolute atomic E-state index is 0.0356. The van der Waals surface area contributed by atoms with Crippen molar-refractivity contribution in [3.63, 3.8) is 0 Å². The van der Waals surface area contributed by atoms with Crippen molar-refractivity contribution in [1.82, 2.24) is 19.6 Å². The Morgan fingerprint density at radius 1 is 1.22 bits per heavy atom. The number of aryl methyl sites for hydroxylation is 3. The summed E-state index contributed by atoms with van der Waals surface area (Å²) in [6.07, 6.45) is 2.93. The molecule has 8 nitrogen and oxygen atoms in total. The van der Waals surface area contributed by atoms with Gasteiger partial charge >= 0.3 is 0 Å². The molecule has 0 aromatic carbocycles. The first kappa shape index (κ1) is 12.4. The van der Waals surface area contributed by atoms with E-state index in [9.17, 15) is 8.42 Å². The molecule has 0 bridgehead atoms. The summed E-state index contributed by atoms with van der Waals surface area (Å²) in [5.74, 6) is -0.0356. The fraction of sp³-hybridized carbons (Fsp3) is 0.333. The number of nitrogens with one attached hydrogen (secondary N) is 1. The van der Waals surface area contributed by atoms with Crippen LogP contribution in [0.15, 0.2) is 17.3 Å². The topological polar surface area (TPSA) is 108 Å². The lowest BCUT2D eigenvalue weighted by Crippen LogP contribution is -2.14. The average molecular weight is 270 g/mol. The second-order valence-electron chi connectivity index (χ2n) is 3.96. The predicted molar refractivity (Wildman–Crippen MR) is 66.4 cm³/mol. The van der Waals surface area contributed by atoms with Crippen molar-refractivity contribution in [2.75, 3.05) is 10.5 Å². The molecule has 0 unspecified atom stereocenters. The summed E-state index contributed by atoms with van der Waals surface area (Å²) in [5, 5.41) is 7.86. The maximum Gasteiger partial charge on any atom is 0.267 e. The number of hydrogen-bond acceptors (Lipinski definition) is 5. The van der Waals surface area contributed by atoms with Crippen LogP contribution in [0.5, 0.6) is 0 Å². The van der Waals surface area contributed by atoms with Crippen molar-refractivity contribution in [1.29, 1.82) is 0 Å². The fourth-order valence-electron chi connectivity index (χ4n) is 1.59. The number of sulfonamides is 1. The van der Waals surface area contributed by atoms with Gasteiger partial charge in [0.05, 0.1) is 11.4 Å². The van der Waals surface area contributed by atoms with Gasteiger partial charge < -0.3 is 5.73 Å². The molecule has 3 N–H and O–H groups in total. The Labute approximate surface area is 104 Å². The van der Waals surface area contributed by atoms with Crippen LogP contribution < -0.4 is 10.5 Å². The summed E-state index contributed by atoms with van der Waals surface area (Å²) < 4.78 is 29.5. The van der Waals surface area contributed by atoms with E-state index in [0.717, 1.165) is 0 Å². The maximum atomic E-state index is 12.1. The number of aromatic nitrogens is 4. The number of nitrogen functional groups attached to an aromatic ring is 1. The predicted octanol–water partition coefficient (Wildman–Crippen LogP) is -0.155. The lowest BCUT2D eigenvalue weighted by molar-refractivity contribution is 0.601. The van der Waals surface area contributed by atoms with Crippen LogP contribution >= 0.6 is 0 Å². The third-order valence-electron chi connectivity index (χ3n) is 2.37. The van der Waals surface area contributed by atoms with Crippen molar-refractivity contribution in [3.8, 4) is 0 Å². The van der Waals surface area contributed by atoms with E-state index in [1.807, 2.05) is 0 Å². The van der Waals surface area contributed by atoms with Gasteiger partial charge in [0, 0.05) is 26.5 Å². The van der Waals surface area contributed by atoms with Crippen LogP contribution in [0.1, 0.15) is 5.69 Å². The molecule has 0 aliphatic heterocycles. The Morgan fingerprint density at radius 2 is 1.83 bits per heavy atom. The summed E-state index contributed by atoms with van der Waals surface area (Å²) in [6.45, 7) is 1.71. The molecule has 0 atom stereocenters. The Hall–Kier alpha value is -2.03. The summed E-state index contributed by atoms with van der Waals surface area (Å²) in [7, 11) is -0.431. The Bertz CT molecular complexity index is 684. The number of nitrogens with two attached hydrogens (primary N) is 1. The van der Waals surface area contributed by atoms with Crippen LogP contribution in [0.4, 0.5) is 11.5 Å². The first-order valence-electron chi connectivity index (χ1n) is 5.12. The molecular weight excluding hydrogens is 256 g/mol. The third-order valence-corrected chi connectivity index (χ3v) is 3.75. The van der Waals surface area contributed by atoms with E-state index in [2.05, 4.69) is 14.9 Å². The van der Waals surface area contributed by atoms with Gasteiger partial charge in [-0.1, -0.05) is 0 Å². The van der Waals surface area contributed by atoms with Crippen LogP contribution in [0.3, 0.4) is 0 Å². The van der Waals surface area contributed by atoms with Gasteiger partial charge in [0.15, 0.2) is 5.82 Å². The van der Waals surface area contributed by atoms with Crippen LogP contribution in [0.25, 0.3) is 0 Å².